The Morgan fingerprint density at radius 1 is 1.47 bits per heavy atom. The molecule has 4 nitrogen and oxygen atoms in total. The van der Waals surface area contributed by atoms with Gasteiger partial charge in [-0.25, -0.2) is 4.98 Å². The first kappa shape index (κ1) is 9.30. The zero-order valence-electron chi connectivity index (χ0n) is 8.32. The first-order valence-corrected chi connectivity index (χ1v) is 6.04. The fourth-order valence-corrected chi connectivity index (χ4v) is 2.53. The van der Waals surface area contributed by atoms with Crippen molar-refractivity contribution in [2.75, 3.05) is 0 Å². The summed E-state index contributed by atoms with van der Waals surface area (Å²) >= 11 is 1.60. The number of nitrogens with two attached hydrogens (primary N) is 1. The van der Waals surface area contributed by atoms with Gasteiger partial charge in [-0.2, -0.15) is 0 Å². The minimum absolute atomic E-state index is 0.00444. The Kier molecular flexibility index (Phi) is 1.73. The molecule has 0 radical (unpaired) electrons. The van der Waals surface area contributed by atoms with Crippen LogP contribution >= 0.6 is 11.3 Å². The predicted octanol–water partition coefficient (Wildman–Crippen LogP) is 0.740. The zero-order chi connectivity index (χ0) is 10.5. The summed E-state index contributed by atoms with van der Waals surface area (Å²) in [5.41, 5.74) is 5.09. The fraction of sp³-hybridized carbons (Fsp3) is 0.600. The number of amides is 1. The molecule has 1 aromatic rings. The summed E-state index contributed by atoms with van der Waals surface area (Å²) in [6, 6.07) is 0. The third kappa shape index (κ3) is 1.46. The normalized spacial score (nSPS) is 24.6. The van der Waals surface area contributed by atoms with Crippen molar-refractivity contribution in [1.82, 2.24) is 10.3 Å². The molecule has 1 aromatic heterocycles. The molecule has 2 saturated carbocycles. The van der Waals surface area contributed by atoms with Gasteiger partial charge in [-0.1, -0.05) is 0 Å². The van der Waals surface area contributed by atoms with Crippen LogP contribution in [0.1, 0.15) is 30.7 Å². The van der Waals surface area contributed by atoms with Gasteiger partial charge in [0.2, 0.25) is 5.91 Å². The number of thiazole rings is 1. The molecule has 3 rings (SSSR count). The summed E-state index contributed by atoms with van der Waals surface area (Å²) in [6.07, 6.45) is 5.38. The van der Waals surface area contributed by atoms with Gasteiger partial charge >= 0.3 is 0 Å². The maximum atomic E-state index is 11.8. The van der Waals surface area contributed by atoms with Crippen LogP contribution in [0.2, 0.25) is 0 Å². The van der Waals surface area contributed by atoms with Gasteiger partial charge < -0.3 is 11.1 Å². The molecule has 0 spiro atoms. The molecule has 15 heavy (non-hydrogen) atoms. The van der Waals surface area contributed by atoms with Crippen LogP contribution in [0.25, 0.3) is 0 Å². The molecule has 5 heteroatoms. The van der Waals surface area contributed by atoms with E-state index in [9.17, 15) is 4.79 Å². The van der Waals surface area contributed by atoms with Crippen LogP contribution in [0.5, 0.6) is 0 Å². The maximum absolute atomic E-state index is 11.8. The van der Waals surface area contributed by atoms with Gasteiger partial charge in [0, 0.05) is 11.6 Å². The zero-order valence-corrected chi connectivity index (χ0v) is 9.14. The Bertz CT molecular complexity index is 393. The third-order valence-corrected chi connectivity index (χ3v) is 4.16. The summed E-state index contributed by atoms with van der Waals surface area (Å²) in [5.74, 6) is -0.00444. The minimum Gasteiger partial charge on any atom is -0.343 e. The van der Waals surface area contributed by atoms with Crippen molar-refractivity contribution >= 4 is 17.2 Å². The monoisotopic (exact) mass is 223 g/mol. The van der Waals surface area contributed by atoms with Crippen LogP contribution in [0.15, 0.2) is 11.6 Å². The largest absolute Gasteiger partial charge is 0.343 e. The molecule has 2 aliphatic rings. The SMILES string of the molecule is NC1(C(=O)NC2(c3nccs3)CC2)CC1. The number of rotatable bonds is 3. The Balaban J connectivity index is 1.75. The lowest BCUT2D eigenvalue weighted by molar-refractivity contribution is -0.124. The van der Waals surface area contributed by atoms with Crippen molar-refractivity contribution < 1.29 is 4.79 Å². The number of carbonyl (C=O) groups excluding carboxylic acids is 1. The van der Waals surface area contributed by atoms with E-state index in [2.05, 4.69) is 10.3 Å². The van der Waals surface area contributed by atoms with E-state index in [0.29, 0.717) is 0 Å². The number of hydrogen-bond acceptors (Lipinski definition) is 4. The highest BCUT2D eigenvalue weighted by molar-refractivity contribution is 7.09. The molecule has 2 aliphatic carbocycles. The predicted molar refractivity (Wildman–Crippen MR) is 57.3 cm³/mol. The molecular weight excluding hydrogens is 210 g/mol. The Hall–Kier alpha value is -0.940. The number of carbonyl (C=O) groups is 1. The highest BCUT2D eigenvalue weighted by atomic mass is 32.1. The van der Waals surface area contributed by atoms with Gasteiger partial charge in [0.15, 0.2) is 0 Å². The molecule has 0 aromatic carbocycles. The van der Waals surface area contributed by atoms with Crippen molar-refractivity contribution in [1.29, 1.82) is 0 Å². The second-order valence-electron chi connectivity index (χ2n) is 4.53. The van der Waals surface area contributed by atoms with E-state index in [0.717, 1.165) is 30.7 Å². The summed E-state index contributed by atoms with van der Waals surface area (Å²) in [4.78, 5) is 16.1. The smallest absolute Gasteiger partial charge is 0.240 e. The third-order valence-electron chi connectivity index (χ3n) is 3.19. The van der Waals surface area contributed by atoms with E-state index in [-0.39, 0.29) is 11.4 Å². The van der Waals surface area contributed by atoms with E-state index in [1.54, 1.807) is 17.5 Å². The lowest BCUT2D eigenvalue weighted by Gasteiger charge is -2.17. The van der Waals surface area contributed by atoms with E-state index in [1.165, 1.54) is 0 Å². The van der Waals surface area contributed by atoms with Gasteiger partial charge in [0.05, 0.1) is 11.1 Å². The number of nitrogens with zero attached hydrogens (tertiary/aromatic N) is 1. The minimum atomic E-state index is -0.577. The first-order chi connectivity index (χ1) is 7.15. The molecule has 0 bridgehead atoms. The average Bonchev–Trinajstić information content (AvgIpc) is 3.10. The summed E-state index contributed by atoms with van der Waals surface area (Å²) in [5, 5.41) is 6.01. The lowest BCUT2D eigenvalue weighted by atomic mass is 10.2. The molecular formula is C10H13N3OS. The molecule has 0 saturated heterocycles. The summed E-state index contributed by atoms with van der Waals surface area (Å²) in [6.45, 7) is 0. The topological polar surface area (TPSA) is 68.0 Å². The van der Waals surface area contributed by atoms with Crippen LogP contribution in [0, 0.1) is 0 Å². The first-order valence-electron chi connectivity index (χ1n) is 5.16. The Morgan fingerprint density at radius 3 is 2.67 bits per heavy atom. The standard InChI is InChI=1S/C10H13N3OS/c11-9(1-2-9)7(14)13-10(3-4-10)8-12-5-6-15-8/h5-6H,1-4,11H2,(H,13,14). The molecule has 0 unspecified atom stereocenters. The summed E-state index contributed by atoms with van der Waals surface area (Å²) < 4.78 is 0. The summed E-state index contributed by atoms with van der Waals surface area (Å²) in [7, 11) is 0. The average molecular weight is 223 g/mol. The Morgan fingerprint density at radius 2 is 2.20 bits per heavy atom. The van der Waals surface area contributed by atoms with E-state index in [1.807, 2.05) is 5.38 Å². The van der Waals surface area contributed by atoms with Gasteiger partial charge in [-0.3, -0.25) is 4.79 Å². The van der Waals surface area contributed by atoms with Gasteiger partial charge in [-0.05, 0) is 25.7 Å². The van der Waals surface area contributed by atoms with Crippen molar-refractivity contribution in [2.24, 2.45) is 5.73 Å². The van der Waals surface area contributed by atoms with Crippen LogP contribution < -0.4 is 11.1 Å². The number of nitrogens with one attached hydrogen (secondary N) is 1. The number of aromatic nitrogens is 1. The Labute approximate surface area is 91.9 Å². The van der Waals surface area contributed by atoms with Crippen LogP contribution in [-0.4, -0.2) is 16.4 Å². The van der Waals surface area contributed by atoms with Gasteiger partial charge in [0.25, 0.3) is 0 Å². The molecule has 0 atom stereocenters. The molecule has 1 heterocycles. The van der Waals surface area contributed by atoms with Crippen LogP contribution in [0.3, 0.4) is 0 Å². The van der Waals surface area contributed by atoms with E-state index >= 15 is 0 Å². The highest BCUT2D eigenvalue weighted by Crippen LogP contribution is 2.47. The molecule has 2 fully saturated rings. The van der Waals surface area contributed by atoms with Crippen molar-refractivity contribution in [2.45, 2.75) is 36.8 Å². The van der Waals surface area contributed by atoms with E-state index < -0.39 is 5.54 Å². The lowest BCUT2D eigenvalue weighted by Crippen LogP contribution is -2.47. The van der Waals surface area contributed by atoms with Crippen molar-refractivity contribution in [3.63, 3.8) is 0 Å². The van der Waals surface area contributed by atoms with Crippen LogP contribution in [-0.2, 0) is 10.3 Å². The van der Waals surface area contributed by atoms with E-state index in [4.69, 9.17) is 5.73 Å². The van der Waals surface area contributed by atoms with Gasteiger partial charge in [-0.15, -0.1) is 11.3 Å². The van der Waals surface area contributed by atoms with Crippen LogP contribution in [0.4, 0.5) is 0 Å². The second-order valence-corrected chi connectivity index (χ2v) is 5.42. The fourth-order valence-electron chi connectivity index (χ4n) is 1.68. The van der Waals surface area contributed by atoms with Gasteiger partial charge in [0.1, 0.15) is 5.01 Å². The van der Waals surface area contributed by atoms with Crippen molar-refractivity contribution in [3.05, 3.63) is 16.6 Å². The molecule has 0 aliphatic heterocycles. The molecule has 1 amide bonds. The maximum Gasteiger partial charge on any atom is 0.240 e. The quantitative estimate of drug-likeness (QED) is 0.794. The highest BCUT2D eigenvalue weighted by Gasteiger charge is 2.53. The number of hydrogen-bond donors (Lipinski definition) is 2. The molecule has 3 N–H and O–H groups in total. The second kappa shape index (κ2) is 2.80. The van der Waals surface area contributed by atoms with Crippen molar-refractivity contribution in [3.8, 4) is 0 Å². The molecule has 80 valence electrons.